The molecule has 1 fully saturated rings. The fraction of sp³-hybridized carbons (Fsp3) is 0.545. The van der Waals surface area contributed by atoms with Gasteiger partial charge in [0.25, 0.3) is 0 Å². The Labute approximate surface area is 196 Å². The molecule has 7 heteroatoms. The van der Waals surface area contributed by atoms with E-state index in [2.05, 4.69) is 69.0 Å². The molecule has 0 saturated carbocycles. The van der Waals surface area contributed by atoms with Gasteiger partial charge in [0.1, 0.15) is 5.82 Å². The molecule has 0 radical (unpaired) electrons. The van der Waals surface area contributed by atoms with Crippen LogP contribution in [0.2, 0.25) is 0 Å². The van der Waals surface area contributed by atoms with Crippen LogP contribution in [0.3, 0.4) is 0 Å². The average molecular weight is 528 g/mol. The second kappa shape index (κ2) is 12.4. The van der Waals surface area contributed by atoms with Crippen molar-refractivity contribution < 1.29 is 0 Å². The Morgan fingerprint density at radius 1 is 1.28 bits per heavy atom. The van der Waals surface area contributed by atoms with Crippen molar-refractivity contribution in [1.29, 1.82) is 0 Å². The Bertz CT molecular complexity index is 724. The molecule has 2 aromatic rings. The Hall–Kier alpha value is -1.35. The Kier molecular flexibility index (Phi) is 10.2. The zero-order chi connectivity index (χ0) is 19.8. The highest BCUT2D eigenvalue weighted by Crippen LogP contribution is 2.21. The van der Waals surface area contributed by atoms with E-state index in [1.807, 2.05) is 24.6 Å². The summed E-state index contributed by atoms with van der Waals surface area (Å²) in [6.45, 7) is 8.47. The third-order valence-corrected chi connectivity index (χ3v) is 6.25. The monoisotopic (exact) mass is 527 g/mol. The Balaban J connectivity index is 0.00000300. The van der Waals surface area contributed by atoms with E-state index in [-0.39, 0.29) is 24.0 Å². The maximum Gasteiger partial charge on any atom is 0.191 e. The lowest BCUT2D eigenvalue weighted by molar-refractivity contribution is 0.436. The molecule has 0 aliphatic carbocycles. The lowest BCUT2D eigenvalue weighted by Gasteiger charge is -2.31. The number of nitrogens with zero attached hydrogens (tertiary/aromatic N) is 3. The van der Waals surface area contributed by atoms with Crippen molar-refractivity contribution >= 4 is 47.1 Å². The fourth-order valence-corrected chi connectivity index (χ4v) is 4.34. The summed E-state index contributed by atoms with van der Waals surface area (Å²) in [6, 6.07) is 8.63. The molecule has 5 nitrogen and oxygen atoms in total. The second-order valence-corrected chi connectivity index (χ2v) is 8.92. The van der Waals surface area contributed by atoms with Gasteiger partial charge in [-0.25, -0.2) is 4.98 Å². The van der Waals surface area contributed by atoms with E-state index >= 15 is 0 Å². The van der Waals surface area contributed by atoms with Crippen molar-refractivity contribution in [2.75, 3.05) is 31.6 Å². The van der Waals surface area contributed by atoms with E-state index < -0.39 is 0 Å². The quantitative estimate of drug-likeness (QED) is 0.316. The van der Waals surface area contributed by atoms with Gasteiger partial charge in [0.15, 0.2) is 5.96 Å². The highest BCUT2D eigenvalue weighted by Gasteiger charge is 2.16. The standard InChI is InChI=1S/C22H33N5S.HI/c1-17-8-10-27(11-9-17)21-7-6-19(15-24-21)16-26-22(23-3)25-14-18(2)13-20-5-4-12-28-20;/h4-7,12,15,17-18H,8-11,13-14,16H2,1-3H3,(H2,23,25,26);1H. The number of guanidine groups is 1. The second-order valence-electron chi connectivity index (χ2n) is 7.89. The first-order valence-electron chi connectivity index (χ1n) is 10.3. The van der Waals surface area contributed by atoms with E-state index in [0.29, 0.717) is 5.92 Å². The minimum absolute atomic E-state index is 0. The number of thiophene rings is 1. The molecular weight excluding hydrogens is 493 g/mol. The predicted octanol–water partition coefficient (Wildman–Crippen LogP) is 4.54. The van der Waals surface area contributed by atoms with Crippen LogP contribution in [-0.2, 0) is 13.0 Å². The summed E-state index contributed by atoms with van der Waals surface area (Å²) in [5.74, 6) is 3.34. The number of aromatic nitrogens is 1. The van der Waals surface area contributed by atoms with Gasteiger partial charge in [0.2, 0.25) is 0 Å². The predicted molar refractivity (Wildman–Crippen MR) is 136 cm³/mol. The number of halogens is 1. The van der Waals surface area contributed by atoms with Crippen molar-refractivity contribution in [1.82, 2.24) is 15.6 Å². The zero-order valence-corrected chi connectivity index (χ0v) is 20.9. The van der Waals surface area contributed by atoms with Crippen molar-refractivity contribution in [3.63, 3.8) is 0 Å². The Morgan fingerprint density at radius 2 is 2.07 bits per heavy atom. The number of anilines is 1. The van der Waals surface area contributed by atoms with E-state index in [1.54, 1.807) is 0 Å². The van der Waals surface area contributed by atoms with Crippen molar-refractivity contribution in [3.05, 3.63) is 46.3 Å². The van der Waals surface area contributed by atoms with Crippen molar-refractivity contribution in [2.24, 2.45) is 16.8 Å². The maximum atomic E-state index is 4.67. The molecule has 29 heavy (non-hydrogen) atoms. The van der Waals surface area contributed by atoms with Crippen LogP contribution in [0, 0.1) is 11.8 Å². The summed E-state index contributed by atoms with van der Waals surface area (Å²) in [5, 5.41) is 8.97. The highest BCUT2D eigenvalue weighted by atomic mass is 127. The molecule has 3 heterocycles. The molecule has 1 aliphatic rings. The highest BCUT2D eigenvalue weighted by molar-refractivity contribution is 14.0. The van der Waals surface area contributed by atoms with Crippen LogP contribution in [0.15, 0.2) is 40.8 Å². The first kappa shape index (κ1) is 23.9. The number of aliphatic imine (C=N–C) groups is 1. The van der Waals surface area contributed by atoms with Gasteiger partial charge in [-0.05, 0) is 54.2 Å². The summed E-state index contributed by atoms with van der Waals surface area (Å²) in [7, 11) is 1.82. The molecule has 0 amide bonds. The minimum atomic E-state index is 0. The number of nitrogens with one attached hydrogen (secondary N) is 2. The number of hydrogen-bond acceptors (Lipinski definition) is 4. The summed E-state index contributed by atoms with van der Waals surface area (Å²) in [5.41, 5.74) is 1.17. The van der Waals surface area contributed by atoms with Crippen molar-refractivity contribution in [3.8, 4) is 0 Å². The lowest BCUT2D eigenvalue weighted by Crippen LogP contribution is -2.39. The molecule has 160 valence electrons. The van der Waals surface area contributed by atoms with E-state index in [4.69, 9.17) is 0 Å². The van der Waals surface area contributed by atoms with E-state index in [0.717, 1.165) is 50.3 Å². The number of pyridine rings is 1. The summed E-state index contributed by atoms with van der Waals surface area (Å²) in [4.78, 5) is 12.8. The molecule has 1 atom stereocenters. The molecule has 1 unspecified atom stereocenters. The first-order chi connectivity index (χ1) is 13.6. The maximum absolute atomic E-state index is 4.67. The molecule has 3 rings (SSSR count). The van der Waals surface area contributed by atoms with Gasteiger partial charge < -0.3 is 15.5 Å². The van der Waals surface area contributed by atoms with Gasteiger partial charge in [-0.3, -0.25) is 4.99 Å². The normalized spacial score (nSPS) is 16.2. The zero-order valence-electron chi connectivity index (χ0n) is 17.7. The van der Waals surface area contributed by atoms with Crippen LogP contribution in [-0.4, -0.2) is 37.6 Å². The minimum Gasteiger partial charge on any atom is -0.357 e. The molecule has 1 aliphatic heterocycles. The van der Waals surface area contributed by atoms with Crippen LogP contribution in [0.5, 0.6) is 0 Å². The third-order valence-electron chi connectivity index (χ3n) is 5.35. The summed E-state index contributed by atoms with van der Waals surface area (Å²) >= 11 is 1.83. The van der Waals surface area contributed by atoms with Gasteiger partial charge in [-0.15, -0.1) is 35.3 Å². The van der Waals surface area contributed by atoms with Gasteiger partial charge in [0, 0.05) is 44.3 Å². The molecule has 1 saturated heterocycles. The first-order valence-corrected chi connectivity index (χ1v) is 11.2. The van der Waals surface area contributed by atoms with Crippen LogP contribution >= 0.6 is 35.3 Å². The molecule has 2 N–H and O–H groups in total. The number of rotatable bonds is 7. The average Bonchev–Trinajstić information content (AvgIpc) is 3.22. The van der Waals surface area contributed by atoms with Crippen LogP contribution in [0.1, 0.15) is 37.1 Å². The smallest absolute Gasteiger partial charge is 0.191 e. The molecule has 0 spiro atoms. The topological polar surface area (TPSA) is 52.6 Å². The van der Waals surface area contributed by atoms with Gasteiger partial charge in [-0.1, -0.05) is 26.0 Å². The fourth-order valence-electron chi connectivity index (χ4n) is 3.47. The van der Waals surface area contributed by atoms with E-state index in [9.17, 15) is 0 Å². The SMILES string of the molecule is CN=C(NCc1ccc(N2CCC(C)CC2)nc1)NCC(C)Cc1cccs1.I. The molecular formula is C22H34IN5S. The van der Waals surface area contributed by atoms with Crippen molar-refractivity contribution in [2.45, 2.75) is 39.7 Å². The Morgan fingerprint density at radius 3 is 2.69 bits per heavy atom. The molecule has 0 aromatic carbocycles. The summed E-state index contributed by atoms with van der Waals surface area (Å²) < 4.78 is 0. The van der Waals surface area contributed by atoms with Crippen LogP contribution < -0.4 is 15.5 Å². The lowest BCUT2D eigenvalue weighted by atomic mass is 9.99. The largest absolute Gasteiger partial charge is 0.357 e. The summed E-state index contributed by atoms with van der Waals surface area (Å²) in [6.07, 6.45) is 5.60. The number of hydrogen-bond donors (Lipinski definition) is 2. The van der Waals surface area contributed by atoms with Crippen LogP contribution in [0.25, 0.3) is 0 Å². The van der Waals surface area contributed by atoms with E-state index in [1.165, 1.54) is 23.3 Å². The number of piperidine rings is 1. The third kappa shape index (κ3) is 7.77. The molecule has 2 aromatic heterocycles. The van der Waals surface area contributed by atoms with Gasteiger partial charge in [0.05, 0.1) is 0 Å². The molecule has 0 bridgehead atoms. The van der Waals surface area contributed by atoms with Gasteiger partial charge >= 0.3 is 0 Å². The van der Waals surface area contributed by atoms with Crippen LogP contribution in [0.4, 0.5) is 5.82 Å². The van der Waals surface area contributed by atoms with Gasteiger partial charge in [-0.2, -0.15) is 0 Å².